The van der Waals surface area contributed by atoms with Gasteiger partial charge < -0.3 is 15.4 Å². The summed E-state index contributed by atoms with van der Waals surface area (Å²) in [6.45, 7) is 3.58. The van der Waals surface area contributed by atoms with Crippen molar-refractivity contribution in [2.24, 2.45) is 0 Å². The molecular weight excluding hydrogens is 316 g/mol. The number of esters is 1. The predicted octanol–water partition coefficient (Wildman–Crippen LogP) is 3.47. The van der Waals surface area contributed by atoms with E-state index in [0.717, 1.165) is 28.6 Å². The molecule has 1 heterocycles. The number of nitrogens with one attached hydrogen (secondary N) is 2. The maximum Gasteiger partial charge on any atom is 0.308 e. The van der Waals surface area contributed by atoms with E-state index in [4.69, 9.17) is 16.3 Å². The Labute approximate surface area is 139 Å². The molecule has 1 aliphatic heterocycles. The van der Waals surface area contributed by atoms with E-state index < -0.39 is 0 Å². The third-order valence-electron chi connectivity index (χ3n) is 3.85. The van der Waals surface area contributed by atoms with Gasteiger partial charge in [-0.25, -0.2) is 0 Å². The van der Waals surface area contributed by atoms with Crippen LogP contribution >= 0.6 is 11.6 Å². The second-order valence-corrected chi connectivity index (χ2v) is 5.91. The van der Waals surface area contributed by atoms with Gasteiger partial charge in [-0.15, -0.1) is 11.6 Å². The Balaban J connectivity index is 2.23. The van der Waals surface area contributed by atoms with Crippen LogP contribution in [0.2, 0.25) is 0 Å². The summed E-state index contributed by atoms with van der Waals surface area (Å²) in [5, 5.41) is 7.84. The van der Waals surface area contributed by atoms with Crippen LogP contribution in [0.1, 0.15) is 25.3 Å². The summed E-state index contributed by atoms with van der Waals surface area (Å²) in [7, 11) is 0. The van der Waals surface area contributed by atoms with E-state index in [0.29, 0.717) is 17.3 Å². The van der Waals surface area contributed by atoms with Crippen LogP contribution in [-0.4, -0.2) is 24.3 Å². The summed E-state index contributed by atoms with van der Waals surface area (Å²) in [6, 6.07) is 7.38. The minimum absolute atomic E-state index is 0.135. The highest BCUT2D eigenvalue weighted by atomic mass is 35.5. The number of rotatable bonds is 3. The Bertz CT molecular complexity index is 804. The van der Waals surface area contributed by atoms with E-state index in [-0.39, 0.29) is 17.8 Å². The van der Waals surface area contributed by atoms with Crippen molar-refractivity contribution in [3.8, 4) is 5.75 Å². The van der Waals surface area contributed by atoms with Gasteiger partial charge in [0.2, 0.25) is 5.91 Å². The number of carbonyl (C=O) groups excluding carboxylic acids is 2. The lowest BCUT2D eigenvalue weighted by Crippen LogP contribution is -2.07. The number of carbonyl (C=O) groups is 2. The van der Waals surface area contributed by atoms with Gasteiger partial charge in [0.05, 0.1) is 0 Å². The third-order valence-corrected chi connectivity index (χ3v) is 4.22. The molecule has 0 spiro atoms. The Hall–Kier alpha value is -2.27. The quantitative estimate of drug-likeness (QED) is 0.513. The summed E-state index contributed by atoms with van der Waals surface area (Å²) in [4.78, 5) is 22.7. The van der Waals surface area contributed by atoms with Crippen molar-refractivity contribution in [2.75, 3.05) is 23.1 Å². The van der Waals surface area contributed by atoms with Crippen LogP contribution in [0.5, 0.6) is 5.75 Å². The zero-order chi connectivity index (χ0) is 16.6. The van der Waals surface area contributed by atoms with Crippen molar-refractivity contribution >= 4 is 45.6 Å². The van der Waals surface area contributed by atoms with Gasteiger partial charge in [-0.3, -0.25) is 9.59 Å². The topological polar surface area (TPSA) is 67.4 Å². The molecule has 1 amide bonds. The van der Waals surface area contributed by atoms with Gasteiger partial charge in [-0.2, -0.15) is 0 Å². The molecule has 0 unspecified atom stereocenters. The van der Waals surface area contributed by atoms with E-state index in [1.807, 2.05) is 18.2 Å². The molecule has 0 saturated carbocycles. The average molecular weight is 333 g/mol. The van der Waals surface area contributed by atoms with Crippen LogP contribution < -0.4 is 15.4 Å². The normalized spacial score (nSPS) is 15.9. The molecule has 3 rings (SSSR count). The SMILES string of the molecule is CC(=O)Nc1ccc2c(OC(C)=O)cc3c(c2c1)[C@H](CCl)CN3. The number of anilines is 2. The number of benzene rings is 2. The minimum Gasteiger partial charge on any atom is -0.426 e. The zero-order valence-corrected chi connectivity index (χ0v) is 13.7. The highest BCUT2D eigenvalue weighted by Gasteiger charge is 2.26. The molecule has 0 radical (unpaired) electrons. The molecule has 6 heteroatoms. The molecule has 23 heavy (non-hydrogen) atoms. The fourth-order valence-corrected chi connectivity index (χ4v) is 3.25. The van der Waals surface area contributed by atoms with Crippen LogP contribution in [0.4, 0.5) is 11.4 Å². The number of hydrogen-bond donors (Lipinski definition) is 2. The molecule has 2 N–H and O–H groups in total. The molecule has 0 saturated heterocycles. The Kier molecular flexibility index (Phi) is 4.13. The van der Waals surface area contributed by atoms with Crippen molar-refractivity contribution in [3.05, 3.63) is 29.8 Å². The standard InChI is InChI=1S/C17H17ClN2O3/c1-9(21)20-12-3-4-13-14(5-12)17-11(7-18)8-19-15(17)6-16(13)23-10(2)22/h3-6,11,19H,7-8H2,1-2H3,(H,20,21)/t11-/m1/s1. The molecule has 5 nitrogen and oxygen atoms in total. The summed E-state index contributed by atoms with van der Waals surface area (Å²) in [6.07, 6.45) is 0. The molecule has 0 aromatic heterocycles. The van der Waals surface area contributed by atoms with Crippen LogP contribution in [0.15, 0.2) is 24.3 Å². The van der Waals surface area contributed by atoms with Crippen molar-refractivity contribution in [3.63, 3.8) is 0 Å². The lowest BCUT2D eigenvalue weighted by molar-refractivity contribution is -0.131. The van der Waals surface area contributed by atoms with E-state index >= 15 is 0 Å². The smallest absolute Gasteiger partial charge is 0.308 e. The molecule has 0 aliphatic carbocycles. The van der Waals surface area contributed by atoms with Gasteiger partial charge >= 0.3 is 5.97 Å². The molecule has 0 fully saturated rings. The second-order valence-electron chi connectivity index (χ2n) is 5.60. The van der Waals surface area contributed by atoms with E-state index in [1.165, 1.54) is 13.8 Å². The second kappa shape index (κ2) is 6.08. The lowest BCUT2D eigenvalue weighted by Gasteiger charge is -2.15. The molecule has 2 aromatic carbocycles. The molecule has 0 bridgehead atoms. The van der Waals surface area contributed by atoms with Gasteiger partial charge in [0.15, 0.2) is 0 Å². The van der Waals surface area contributed by atoms with Crippen LogP contribution in [-0.2, 0) is 9.59 Å². The number of hydrogen-bond acceptors (Lipinski definition) is 4. The highest BCUT2D eigenvalue weighted by molar-refractivity contribution is 6.18. The number of fused-ring (bicyclic) bond motifs is 3. The van der Waals surface area contributed by atoms with Crippen molar-refractivity contribution in [2.45, 2.75) is 19.8 Å². The first-order valence-corrected chi connectivity index (χ1v) is 7.89. The van der Waals surface area contributed by atoms with E-state index in [1.54, 1.807) is 6.07 Å². The Morgan fingerprint density at radius 1 is 1.30 bits per heavy atom. The molecular formula is C17H17ClN2O3. The van der Waals surface area contributed by atoms with E-state index in [9.17, 15) is 9.59 Å². The Morgan fingerprint density at radius 3 is 2.74 bits per heavy atom. The fraction of sp³-hybridized carbons (Fsp3) is 0.294. The van der Waals surface area contributed by atoms with Gasteiger partial charge in [-0.1, -0.05) is 0 Å². The lowest BCUT2D eigenvalue weighted by atomic mass is 9.95. The number of amides is 1. The van der Waals surface area contributed by atoms with Gasteiger partial charge in [0.1, 0.15) is 5.75 Å². The third kappa shape index (κ3) is 2.97. The summed E-state index contributed by atoms with van der Waals surface area (Å²) in [5.41, 5.74) is 2.71. The largest absolute Gasteiger partial charge is 0.426 e. The highest BCUT2D eigenvalue weighted by Crippen LogP contribution is 2.43. The predicted molar refractivity (Wildman–Crippen MR) is 91.5 cm³/mol. The van der Waals surface area contributed by atoms with Crippen LogP contribution in [0.25, 0.3) is 10.8 Å². The summed E-state index contributed by atoms with van der Waals surface area (Å²) in [5.74, 6) is 0.663. The monoisotopic (exact) mass is 332 g/mol. The van der Waals surface area contributed by atoms with E-state index in [2.05, 4.69) is 10.6 Å². The van der Waals surface area contributed by atoms with Crippen molar-refractivity contribution in [1.82, 2.24) is 0 Å². The number of ether oxygens (including phenoxy) is 1. The molecule has 1 aliphatic rings. The van der Waals surface area contributed by atoms with Gasteiger partial charge in [0.25, 0.3) is 0 Å². The minimum atomic E-state index is -0.371. The van der Waals surface area contributed by atoms with Crippen molar-refractivity contribution in [1.29, 1.82) is 0 Å². The molecule has 2 aromatic rings. The summed E-state index contributed by atoms with van der Waals surface area (Å²) < 4.78 is 5.34. The van der Waals surface area contributed by atoms with Gasteiger partial charge in [-0.05, 0) is 29.1 Å². The first-order chi connectivity index (χ1) is 11.0. The Morgan fingerprint density at radius 2 is 2.09 bits per heavy atom. The maximum absolute atomic E-state index is 11.4. The fourth-order valence-electron chi connectivity index (χ4n) is 2.99. The first-order valence-electron chi connectivity index (χ1n) is 7.36. The molecule has 120 valence electrons. The summed E-state index contributed by atoms with van der Waals surface area (Å²) >= 11 is 6.09. The molecule has 1 atom stereocenters. The first kappa shape index (κ1) is 15.6. The number of halogens is 1. The average Bonchev–Trinajstić information content (AvgIpc) is 2.89. The number of alkyl halides is 1. The maximum atomic E-state index is 11.4. The zero-order valence-electron chi connectivity index (χ0n) is 12.9. The van der Waals surface area contributed by atoms with Crippen LogP contribution in [0.3, 0.4) is 0 Å². The van der Waals surface area contributed by atoms with Crippen LogP contribution in [0, 0.1) is 0 Å². The van der Waals surface area contributed by atoms with Crippen molar-refractivity contribution < 1.29 is 14.3 Å². The van der Waals surface area contributed by atoms with Gasteiger partial charge in [0, 0.05) is 55.0 Å².